The third-order valence-corrected chi connectivity index (χ3v) is 6.00. The van der Waals surface area contributed by atoms with E-state index in [4.69, 9.17) is 15.5 Å². The van der Waals surface area contributed by atoms with E-state index >= 15 is 0 Å². The topological polar surface area (TPSA) is 55.8 Å². The van der Waals surface area contributed by atoms with Gasteiger partial charge in [-0.1, -0.05) is 77.0 Å². The van der Waals surface area contributed by atoms with Crippen molar-refractivity contribution in [2.24, 2.45) is 0 Å². The lowest BCUT2D eigenvalue weighted by atomic mass is 10.0. The fourth-order valence-electron chi connectivity index (χ4n) is 3.10. The van der Waals surface area contributed by atoms with Crippen LogP contribution >= 0.6 is 7.82 Å². The Morgan fingerprint density at radius 2 is 1.10 bits per heavy atom. The molecule has 0 aromatic rings. The van der Waals surface area contributed by atoms with Crippen molar-refractivity contribution >= 4 is 7.82 Å². The zero-order chi connectivity index (χ0) is 21.8. The molecule has 0 bridgehead atoms. The van der Waals surface area contributed by atoms with E-state index in [1.54, 1.807) is 0 Å². The molecule has 1 N–H and O–H groups in total. The van der Waals surface area contributed by atoms with Crippen molar-refractivity contribution in [3.8, 4) is 12.3 Å². The van der Waals surface area contributed by atoms with Gasteiger partial charge in [-0.15, -0.1) is 12.3 Å². The van der Waals surface area contributed by atoms with Crippen molar-refractivity contribution in [3.05, 3.63) is 0 Å². The maximum absolute atomic E-state index is 11.8. The Hall–Kier alpha value is -0.370. The quantitative estimate of drug-likeness (QED) is 0.0999. The van der Waals surface area contributed by atoms with Crippen LogP contribution < -0.4 is 0 Å². The molecule has 0 aliphatic heterocycles. The van der Waals surface area contributed by atoms with Gasteiger partial charge in [-0.2, -0.15) is 0 Å². The van der Waals surface area contributed by atoms with Gasteiger partial charge in [0.05, 0.1) is 27.7 Å². The Morgan fingerprint density at radius 3 is 1.52 bits per heavy atom. The van der Waals surface area contributed by atoms with Crippen LogP contribution in [0.4, 0.5) is 0 Å². The van der Waals surface area contributed by atoms with Gasteiger partial charge >= 0.3 is 7.82 Å². The van der Waals surface area contributed by atoms with Crippen molar-refractivity contribution in [2.75, 3.05) is 40.9 Å². The summed E-state index contributed by atoms with van der Waals surface area (Å²) in [6, 6.07) is 0. The van der Waals surface area contributed by atoms with E-state index in [9.17, 15) is 9.46 Å². The minimum absolute atomic E-state index is 0.226. The van der Waals surface area contributed by atoms with Crippen LogP contribution in [0, 0.1) is 12.3 Å². The number of unbranched alkanes of at least 4 members (excludes halogenated alkanes) is 14. The van der Waals surface area contributed by atoms with Crippen LogP contribution in [0.3, 0.4) is 0 Å². The average Bonchev–Trinajstić information content (AvgIpc) is 2.63. The van der Waals surface area contributed by atoms with Crippen molar-refractivity contribution in [1.82, 2.24) is 0 Å². The van der Waals surface area contributed by atoms with Crippen LogP contribution in [0.1, 0.15) is 96.3 Å². The number of quaternary nitrogens is 1. The van der Waals surface area contributed by atoms with Gasteiger partial charge in [0, 0.05) is 6.42 Å². The summed E-state index contributed by atoms with van der Waals surface area (Å²) in [5, 5.41) is 0. The molecule has 29 heavy (non-hydrogen) atoms. The zero-order valence-electron chi connectivity index (χ0n) is 19.4. The minimum Gasteiger partial charge on any atom is -0.329 e. The van der Waals surface area contributed by atoms with Gasteiger partial charge in [0.25, 0.3) is 0 Å². The van der Waals surface area contributed by atoms with Gasteiger partial charge in [0.15, 0.2) is 0 Å². The van der Waals surface area contributed by atoms with E-state index in [1.165, 1.54) is 77.0 Å². The van der Waals surface area contributed by atoms with Gasteiger partial charge in [0.2, 0.25) is 0 Å². The monoisotopic (exact) mass is 432 g/mol. The third kappa shape index (κ3) is 23.8. The SMILES string of the molecule is C#CCCCCCCCCCCCCCCCCOP(=O)(O)OCC[N+](C)(C)C. The van der Waals surface area contributed by atoms with Gasteiger partial charge in [-0.25, -0.2) is 4.57 Å². The highest BCUT2D eigenvalue weighted by Crippen LogP contribution is 2.43. The highest BCUT2D eigenvalue weighted by Gasteiger charge is 2.21. The van der Waals surface area contributed by atoms with Crippen LogP contribution in [-0.4, -0.2) is 50.3 Å². The molecular weight excluding hydrogens is 385 g/mol. The predicted molar refractivity (Wildman–Crippen MR) is 123 cm³/mol. The summed E-state index contributed by atoms with van der Waals surface area (Å²) in [5.41, 5.74) is 0. The first-order valence-corrected chi connectivity index (χ1v) is 13.1. The summed E-state index contributed by atoms with van der Waals surface area (Å²) in [7, 11) is 2.15. The van der Waals surface area contributed by atoms with Crippen LogP contribution in [0.2, 0.25) is 0 Å². The fraction of sp³-hybridized carbons (Fsp3) is 0.913. The molecule has 0 saturated carbocycles. The van der Waals surface area contributed by atoms with Crippen LogP contribution in [0.15, 0.2) is 0 Å². The summed E-state index contributed by atoms with van der Waals surface area (Å²) in [6.45, 7) is 1.19. The number of nitrogens with zero attached hydrogens (tertiary/aromatic N) is 1. The normalized spacial score (nSPS) is 13.9. The van der Waals surface area contributed by atoms with Crippen molar-refractivity contribution in [2.45, 2.75) is 96.3 Å². The molecule has 0 aliphatic rings. The molecule has 172 valence electrons. The molecule has 6 heteroatoms. The molecule has 0 aromatic heterocycles. The second-order valence-electron chi connectivity index (χ2n) is 9.05. The Kier molecular flexibility index (Phi) is 18.2. The number of rotatable bonds is 21. The lowest BCUT2D eigenvalue weighted by Gasteiger charge is -2.24. The van der Waals surface area contributed by atoms with E-state index in [2.05, 4.69) is 5.92 Å². The number of likely N-dealkylation sites (N-methyl/N-ethyl adjacent to an activating group) is 1. The summed E-state index contributed by atoms with van der Waals surface area (Å²) in [5.74, 6) is 2.70. The number of terminal acetylenes is 1. The smallest absolute Gasteiger partial charge is 0.329 e. The lowest BCUT2D eigenvalue weighted by Crippen LogP contribution is -2.37. The van der Waals surface area contributed by atoms with E-state index in [-0.39, 0.29) is 6.61 Å². The summed E-state index contributed by atoms with van der Waals surface area (Å²) < 4.78 is 22.5. The largest absolute Gasteiger partial charge is 0.472 e. The Bertz CT molecular complexity index is 457. The molecule has 0 spiro atoms. The van der Waals surface area contributed by atoms with Gasteiger partial charge < -0.3 is 9.38 Å². The second-order valence-corrected chi connectivity index (χ2v) is 10.5. The Labute approximate surface area is 180 Å². The highest BCUT2D eigenvalue weighted by atomic mass is 31.2. The first-order chi connectivity index (χ1) is 13.8. The maximum Gasteiger partial charge on any atom is 0.472 e. The zero-order valence-corrected chi connectivity index (χ0v) is 20.3. The fourth-order valence-corrected chi connectivity index (χ4v) is 3.84. The molecule has 0 rings (SSSR count). The molecule has 0 amide bonds. The number of hydrogen-bond acceptors (Lipinski definition) is 3. The summed E-state index contributed by atoms with van der Waals surface area (Å²) in [6.07, 6.45) is 23.7. The standard InChI is InChI=1S/C23H46NO4P/c1-5-6-7-8-9-10-11-12-13-14-15-16-17-18-19-20-22-27-29(25,26)28-23-21-24(2,3)4/h1H,6-23H2,2-4H3/p+1. The molecule has 0 aromatic carbocycles. The van der Waals surface area contributed by atoms with Crippen molar-refractivity contribution < 1.29 is 23.0 Å². The highest BCUT2D eigenvalue weighted by molar-refractivity contribution is 7.47. The average molecular weight is 433 g/mol. The van der Waals surface area contributed by atoms with Gasteiger partial charge in [-0.3, -0.25) is 9.05 Å². The van der Waals surface area contributed by atoms with E-state index < -0.39 is 7.82 Å². The lowest BCUT2D eigenvalue weighted by molar-refractivity contribution is -0.870. The van der Waals surface area contributed by atoms with Crippen molar-refractivity contribution in [3.63, 3.8) is 0 Å². The van der Waals surface area contributed by atoms with Gasteiger partial charge in [0.1, 0.15) is 13.2 Å². The summed E-state index contributed by atoms with van der Waals surface area (Å²) in [4.78, 5) is 9.63. The molecule has 1 atom stereocenters. The first kappa shape index (κ1) is 28.6. The number of phosphoric acid groups is 1. The number of phosphoric ester groups is 1. The summed E-state index contributed by atoms with van der Waals surface area (Å²) >= 11 is 0. The van der Waals surface area contributed by atoms with E-state index in [1.807, 2.05) is 21.1 Å². The second kappa shape index (κ2) is 18.4. The molecule has 1 unspecified atom stereocenters. The molecule has 0 saturated heterocycles. The molecule has 0 radical (unpaired) electrons. The molecule has 0 heterocycles. The molecule has 5 nitrogen and oxygen atoms in total. The number of hydrogen-bond donors (Lipinski definition) is 1. The first-order valence-electron chi connectivity index (χ1n) is 11.6. The van der Waals surface area contributed by atoms with Crippen LogP contribution in [-0.2, 0) is 13.6 Å². The molecule has 0 aliphatic carbocycles. The minimum atomic E-state index is -3.89. The van der Waals surface area contributed by atoms with Crippen LogP contribution in [0.25, 0.3) is 0 Å². The molecule has 0 fully saturated rings. The Morgan fingerprint density at radius 1 is 0.724 bits per heavy atom. The van der Waals surface area contributed by atoms with Crippen molar-refractivity contribution in [1.29, 1.82) is 0 Å². The Balaban J connectivity index is 3.29. The van der Waals surface area contributed by atoms with E-state index in [0.717, 1.165) is 19.3 Å². The molecular formula is C23H47NO4P+. The predicted octanol–water partition coefficient (Wildman–Crippen LogP) is 6.31. The van der Waals surface area contributed by atoms with E-state index in [0.29, 0.717) is 17.6 Å². The van der Waals surface area contributed by atoms with Gasteiger partial charge in [-0.05, 0) is 12.8 Å². The van der Waals surface area contributed by atoms with Crippen LogP contribution in [0.5, 0.6) is 0 Å². The maximum atomic E-state index is 11.8. The third-order valence-electron chi connectivity index (χ3n) is 4.99.